The van der Waals surface area contributed by atoms with Crippen molar-refractivity contribution in [2.45, 2.75) is 0 Å². The number of aromatic nitrogens is 3. The van der Waals surface area contributed by atoms with Gasteiger partial charge in [0.2, 0.25) is 0 Å². The smallest absolute Gasteiger partial charge is 0.257 e. The number of thiazole rings is 1. The zero-order valence-corrected chi connectivity index (χ0v) is 20.6. The SMILES string of the molecule is O=C(Nc1cc2cc(-c3ncc(Cl)s3)ccc2cn1)c1ccnc(N2CCN(I)CC2)c1. The Balaban J connectivity index is 1.36. The van der Waals surface area contributed by atoms with Crippen molar-refractivity contribution in [1.82, 2.24) is 18.1 Å². The predicted octanol–water partition coefficient (Wildman–Crippen LogP) is 5.13. The number of benzene rings is 1. The maximum absolute atomic E-state index is 12.9. The summed E-state index contributed by atoms with van der Waals surface area (Å²) in [4.78, 5) is 28.3. The van der Waals surface area contributed by atoms with Crippen molar-refractivity contribution in [3.63, 3.8) is 0 Å². The number of amides is 1. The molecule has 0 radical (unpaired) electrons. The molecular weight excluding hydrogens is 559 g/mol. The van der Waals surface area contributed by atoms with Crippen molar-refractivity contribution in [2.24, 2.45) is 0 Å². The molecule has 0 atom stereocenters. The van der Waals surface area contributed by atoms with Crippen molar-refractivity contribution in [2.75, 3.05) is 36.4 Å². The van der Waals surface area contributed by atoms with Gasteiger partial charge >= 0.3 is 0 Å². The molecule has 10 heteroatoms. The number of nitrogens with one attached hydrogen (secondary N) is 1. The Bertz CT molecular complexity index is 1290. The van der Waals surface area contributed by atoms with Crippen LogP contribution in [-0.4, -0.2) is 50.2 Å². The average Bonchev–Trinajstić information content (AvgIpc) is 3.25. The topological polar surface area (TPSA) is 74.2 Å². The van der Waals surface area contributed by atoms with Gasteiger partial charge in [-0.1, -0.05) is 23.7 Å². The molecule has 3 aromatic heterocycles. The van der Waals surface area contributed by atoms with Crippen LogP contribution in [0.5, 0.6) is 0 Å². The third kappa shape index (κ3) is 4.70. The molecule has 1 aromatic carbocycles. The third-order valence-corrected chi connectivity index (χ3v) is 7.37. The number of hydrogen-bond donors (Lipinski definition) is 1. The van der Waals surface area contributed by atoms with Gasteiger partial charge in [-0.15, -0.1) is 11.3 Å². The lowest BCUT2D eigenvalue weighted by atomic mass is 10.1. The van der Waals surface area contributed by atoms with Crippen molar-refractivity contribution in [1.29, 1.82) is 0 Å². The highest BCUT2D eigenvalue weighted by molar-refractivity contribution is 14.1. The lowest BCUT2D eigenvalue weighted by molar-refractivity contribution is 0.102. The highest BCUT2D eigenvalue weighted by Crippen LogP contribution is 2.30. The summed E-state index contributed by atoms with van der Waals surface area (Å²) >= 11 is 9.79. The van der Waals surface area contributed by atoms with Gasteiger partial charge in [0, 0.05) is 78.0 Å². The first-order valence-corrected chi connectivity index (χ1v) is 12.2. The van der Waals surface area contributed by atoms with Crippen LogP contribution >= 0.6 is 45.8 Å². The molecule has 0 bridgehead atoms. The van der Waals surface area contributed by atoms with Crippen LogP contribution in [0.2, 0.25) is 4.34 Å². The van der Waals surface area contributed by atoms with E-state index in [0.29, 0.717) is 15.7 Å². The van der Waals surface area contributed by atoms with E-state index in [4.69, 9.17) is 11.6 Å². The molecule has 0 aliphatic carbocycles. The Morgan fingerprint density at radius 3 is 2.62 bits per heavy atom. The highest BCUT2D eigenvalue weighted by atomic mass is 127. The minimum absolute atomic E-state index is 0.212. The molecule has 1 aliphatic rings. The number of hydrogen-bond acceptors (Lipinski definition) is 7. The fourth-order valence-corrected chi connectivity index (χ4v) is 4.90. The van der Waals surface area contributed by atoms with E-state index in [-0.39, 0.29) is 5.91 Å². The van der Waals surface area contributed by atoms with Gasteiger partial charge in [-0.3, -0.25) is 4.79 Å². The number of halogens is 2. The molecule has 162 valence electrons. The van der Waals surface area contributed by atoms with E-state index < -0.39 is 0 Å². The Morgan fingerprint density at radius 2 is 1.84 bits per heavy atom. The first kappa shape index (κ1) is 21.5. The standard InChI is InChI=1S/C22H18ClIN6OS/c23-18-13-27-22(32-18)15-1-2-16-12-26-19(10-17(16)9-15)28-21(31)14-3-4-25-20(11-14)29-5-7-30(24)8-6-29/h1-4,9-13H,5-8H2,(H,26,28,31). The summed E-state index contributed by atoms with van der Waals surface area (Å²) in [6.07, 6.45) is 5.08. The highest BCUT2D eigenvalue weighted by Gasteiger charge is 2.18. The number of anilines is 2. The summed E-state index contributed by atoms with van der Waals surface area (Å²) in [6, 6.07) is 11.4. The molecule has 5 rings (SSSR count). The van der Waals surface area contributed by atoms with Gasteiger partial charge in [-0.2, -0.15) is 0 Å². The molecule has 1 N–H and O–H groups in total. The van der Waals surface area contributed by atoms with Gasteiger partial charge in [0.15, 0.2) is 0 Å². The largest absolute Gasteiger partial charge is 0.354 e. The summed E-state index contributed by atoms with van der Waals surface area (Å²) in [5.41, 5.74) is 1.53. The van der Waals surface area contributed by atoms with Crippen molar-refractivity contribution < 1.29 is 4.79 Å². The van der Waals surface area contributed by atoms with Gasteiger partial charge in [0.05, 0.1) is 6.20 Å². The van der Waals surface area contributed by atoms with Gasteiger partial charge < -0.3 is 10.2 Å². The molecule has 0 saturated carbocycles. The van der Waals surface area contributed by atoms with Crippen LogP contribution < -0.4 is 10.2 Å². The van der Waals surface area contributed by atoms with E-state index in [0.717, 1.165) is 53.3 Å². The van der Waals surface area contributed by atoms with Gasteiger partial charge in [0.1, 0.15) is 21.0 Å². The zero-order valence-electron chi connectivity index (χ0n) is 16.8. The van der Waals surface area contributed by atoms with Crippen LogP contribution in [-0.2, 0) is 0 Å². The summed E-state index contributed by atoms with van der Waals surface area (Å²) in [5.74, 6) is 1.10. The minimum atomic E-state index is -0.212. The zero-order chi connectivity index (χ0) is 22.1. The lowest BCUT2D eigenvalue weighted by Gasteiger charge is -2.32. The van der Waals surface area contributed by atoms with Crippen LogP contribution in [0, 0.1) is 0 Å². The fourth-order valence-electron chi connectivity index (χ4n) is 3.56. The molecule has 4 heterocycles. The first-order valence-electron chi connectivity index (χ1n) is 10.00. The minimum Gasteiger partial charge on any atom is -0.354 e. The maximum atomic E-state index is 12.9. The summed E-state index contributed by atoms with van der Waals surface area (Å²) in [7, 11) is 0. The van der Waals surface area contributed by atoms with Crippen molar-refractivity contribution >= 4 is 74.1 Å². The molecular formula is C22H18ClIN6OS. The van der Waals surface area contributed by atoms with Crippen LogP contribution in [0.3, 0.4) is 0 Å². The van der Waals surface area contributed by atoms with E-state index in [9.17, 15) is 4.79 Å². The molecule has 1 fully saturated rings. The van der Waals surface area contributed by atoms with Gasteiger partial charge in [-0.05, 0) is 29.7 Å². The second-order valence-electron chi connectivity index (χ2n) is 7.35. The lowest BCUT2D eigenvalue weighted by Crippen LogP contribution is -2.42. The van der Waals surface area contributed by atoms with Crippen LogP contribution in [0.25, 0.3) is 21.3 Å². The Morgan fingerprint density at radius 1 is 1.00 bits per heavy atom. The van der Waals surface area contributed by atoms with Gasteiger partial charge in [0.25, 0.3) is 5.91 Å². The van der Waals surface area contributed by atoms with E-state index in [2.05, 4.69) is 51.1 Å². The molecule has 0 spiro atoms. The molecule has 32 heavy (non-hydrogen) atoms. The number of rotatable bonds is 4. The number of carbonyl (C=O) groups excluding carboxylic acids is 1. The second-order valence-corrected chi connectivity index (χ2v) is 10.4. The van der Waals surface area contributed by atoms with E-state index in [1.807, 2.05) is 30.3 Å². The van der Waals surface area contributed by atoms with Crippen LogP contribution in [0.1, 0.15) is 10.4 Å². The third-order valence-electron chi connectivity index (χ3n) is 5.24. The van der Waals surface area contributed by atoms with E-state index in [1.54, 1.807) is 24.7 Å². The molecule has 1 aliphatic heterocycles. The van der Waals surface area contributed by atoms with Crippen molar-refractivity contribution in [3.8, 4) is 10.6 Å². The van der Waals surface area contributed by atoms with E-state index in [1.165, 1.54) is 11.3 Å². The molecule has 1 saturated heterocycles. The van der Waals surface area contributed by atoms with Gasteiger partial charge in [-0.25, -0.2) is 18.1 Å². The number of pyridine rings is 2. The predicted molar refractivity (Wildman–Crippen MR) is 138 cm³/mol. The number of carbonyl (C=O) groups is 1. The van der Waals surface area contributed by atoms with E-state index >= 15 is 0 Å². The molecule has 4 aromatic rings. The average molecular weight is 577 g/mol. The Hall–Kier alpha value is -2.34. The van der Waals surface area contributed by atoms with Crippen LogP contribution in [0.4, 0.5) is 11.6 Å². The second kappa shape index (κ2) is 9.26. The number of nitrogens with zero attached hydrogens (tertiary/aromatic N) is 5. The summed E-state index contributed by atoms with van der Waals surface area (Å²) in [6.45, 7) is 3.71. The Kier molecular flexibility index (Phi) is 6.22. The first-order chi connectivity index (χ1) is 15.5. The quantitative estimate of drug-likeness (QED) is 0.268. The normalized spacial score (nSPS) is 14.6. The number of fused-ring (bicyclic) bond motifs is 1. The molecule has 1 amide bonds. The summed E-state index contributed by atoms with van der Waals surface area (Å²) in [5, 5.41) is 5.71. The fraction of sp³-hybridized carbons (Fsp3) is 0.182. The number of piperazine rings is 1. The summed E-state index contributed by atoms with van der Waals surface area (Å²) < 4.78 is 2.90. The molecule has 7 nitrogen and oxygen atoms in total. The van der Waals surface area contributed by atoms with Crippen LogP contribution in [0.15, 0.2) is 55.0 Å². The Labute approximate surface area is 207 Å². The maximum Gasteiger partial charge on any atom is 0.257 e. The monoisotopic (exact) mass is 576 g/mol. The van der Waals surface area contributed by atoms with Crippen molar-refractivity contribution in [3.05, 3.63) is 64.9 Å². The molecule has 0 unspecified atom stereocenters.